The van der Waals surface area contributed by atoms with Crippen molar-refractivity contribution >= 4 is 0 Å². The second-order valence-corrected chi connectivity index (χ2v) is 4.47. The Labute approximate surface area is 93.1 Å². The van der Waals surface area contributed by atoms with Crippen molar-refractivity contribution in [2.75, 3.05) is 13.1 Å². The summed E-state index contributed by atoms with van der Waals surface area (Å²) in [6, 6.07) is 9.02. The van der Waals surface area contributed by atoms with Crippen molar-refractivity contribution in [3.05, 3.63) is 42.3 Å². The van der Waals surface area contributed by atoms with Crippen LogP contribution in [0.3, 0.4) is 0 Å². The molecule has 1 aliphatic heterocycles. The minimum absolute atomic E-state index is 0.527. The number of likely N-dealkylation sites (tertiary alicyclic amines) is 1. The van der Waals surface area contributed by atoms with Crippen LogP contribution >= 0.6 is 0 Å². The molecular weight excluding hydrogens is 182 g/mol. The average Bonchev–Trinajstić information content (AvgIpc) is 2.30. The molecule has 1 heterocycles. The van der Waals surface area contributed by atoms with E-state index in [1.165, 1.54) is 43.5 Å². The number of benzene rings is 1. The number of piperidine rings is 1. The minimum Gasteiger partial charge on any atom is -0.297 e. The first-order valence-corrected chi connectivity index (χ1v) is 5.94. The van der Waals surface area contributed by atoms with E-state index in [4.69, 9.17) is 0 Å². The van der Waals surface area contributed by atoms with Gasteiger partial charge in [0.2, 0.25) is 0 Å². The van der Waals surface area contributed by atoms with Gasteiger partial charge < -0.3 is 0 Å². The van der Waals surface area contributed by atoms with E-state index < -0.39 is 0 Å². The van der Waals surface area contributed by atoms with E-state index >= 15 is 0 Å². The van der Waals surface area contributed by atoms with Gasteiger partial charge in [0.05, 0.1) is 0 Å². The topological polar surface area (TPSA) is 3.24 Å². The van der Waals surface area contributed by atoms with E-state index in [2.05, 4.69) is 43.0 Å². The molecule has 1 nitrogen and oxygen atoms in total. The monoisotopic (exact) mass is 202 g/mol. The quantitative estimate of drug-likeness (QED) is 0.710. The van der Waals surface area contributed by atoms with Crippen molar-refractivity contribution < 1.29 is 0 Å². The van der Waals surface area contributed by atoms with Crippen LogP contribution in [0.2, 0.25) is 0 Å². The van der Waals surface area contributed by atoms with Gasteiger partial charge in [0.25, 0.3) is 0 Å². The first kappa shape index (κ1) is 10.7. The third-order valence-electron chi connectivity index (χ3n) is 3.44. The molecule has 1 saturated heterocycles. The largest absolute Gasteiger partial charge is 0.297 e. The lowest BCUT2D eigenvalue weighted by molar-refractivity contribution is 0.174. The number of hydrogen-bond acceptors (Lipinski definition) is 1. The fraction of sp³-hybridized carbons (Fsp3) is 0.500. The molecule has 1 heteroatoms. The molecule has 2 rings (SSSR count). The molecule has 1 aromatic carbocycles. The molecule has 1 aromatic rings. The maximum absolute atomic E-state index is 4.11. The van der Waals surface area contributed by atoms with Gasteiger partial charge in [-0.15, -0.1) is 0 Å². The van der Waals surface area contributed by atoms with Crippen molar-refractivity contribution in [3.8, 4) is 0 Å². The summed E-state index contributed by atoms with van der Waals surface area (Å²) in [6.07, 6.45) is 4.10. The van der Waals surface area contributed by atoms with Gasteiger partial charge in [-0.2, -0.15) is 0 Å². The van der Waals surface area contributed by atoms with Crippen LogP contribution in [0.4, 0.5) is 0 Å². The average molecular weight is 202 g/mol. The molecule has 0 bridgehead atoms. The van der Waals surface area contributed by atoms with Crippen LogP contribution in [-0.4, -0.2) is 18.0 Å². The standard InChI is InChI=1S/C14H20N/c1-12-8-4-5-9-14(12)13(2)15-10-6-3-7-11-15/h4-5,8-9,13H,1,3,6-7,10-11H2,2H3. The maximum atomic E-state index is 4.11. The summed E-state index contributed by atoms with van der Waals surface area (Å²) in [4.78, 5) is 2.58. The van der Waals surface area contributed by atoms with Crippen LogP contribution < -0.4 is 0 Å². The smallest absolute Gasteiger partial charge is 0.0322 e. The van der Waals surface area contributed by atoms with Crippen molar-refractivity contribution in [1.29, 1.82) is 0 Å². The van der Waals surface area contributed by atoms with Crippen molar-refractivity contribution in [1.82, 2.24) is 4.90 Å². The highest BCUT2D eigenvalue weighted by molar-refractivity contribution is 5.31. The summed E-state index contributed by atoms with van der Waals surface area (Å²) in [5.74, 6) is 0. The third-order valence-corrected chi connectivity index (χ3v) is 3.44. The first-order valence-electron chi connectivity index (χ1n) is 5.94. The van der Waals surface area contributed by atoms with Crippen molar-refractivity contribution in [3.63, 3.8) is 0 Å². The van der Waals surface area contributed by atoms with Gasteiger partial charge in [-0.05, 0) is 50.9 Å². The lowest BCUT2D eigenvalue weighted by Crippen LogP contribution is -2.32. The molecule has 1 unspecified atom stereocenters. The predicted octanol–water partition coefficient (Wildman–Crippen LogP) is 3.42. The molecule has 0 N–H and O–H groups in total. The zero-order valence-electron chi connectivity index (χ0n) is 9.58. The number of nitrogens with zero attached hydrogens (tertiary/aromatic N) is 1. The Morgan fingerprint density at radius 3 is 2.47 bits per heavy atom. The van der Waals surface area contributed by atoms with E-state index in [0.717, 1.165) is 0 Å². The molecule has 0 aliphatic carbocycles. The Morgan fingerprint density at radius 1 is 1.13 bits per heavy atom. The van der Waals surface area contributed by atoms with Gasteiger partial charge in [0.1, 0.15) is 0 Å². The third kappa shape index (κ3) is 2.40. The normalized spacial score (nSPS) is 20.1. The fourth-order valence-corrected chi connectivity index (χ4v) is 2.44. The predicted molar refractivity (Wildman–Crippen MR) is 64.7 cm³/mol. The highest BCUT2D eigenvalue weighted by Crippen LogP contribution is 2.25. The van der Waals surface area contributed by atoms with Crippen LogP contribution in [0.1, 0.15) is 43.4 Å². The van der Waals surface area contributed by atoms with Crippen LogP contribution in [0, 0.1) is 6.92 Å². The van der Waals surface area contributed by atoms with E-state index in [1.54, 1.807) is 0 Å². The fourth-order valence-electron chi connectivity index (χ4n) is 2.44. The summed E-state index contributed by atoms with van der Waals surface area (Å²) in [6.45, 7) is 8.90. The Morgan fingerprint density at radius 2 is 1.80 bits per heavy atom. The Hall–Kier alpha value is -0.820. The van der Waals surface area contributed by atoms with Crippen LogP contribution in [0.25, 0.3) is 0 Å². The lowest BCUT2D eigenvalue weighted by atomic mass is 9.99. The molecule has 0 aromatic heterocycles. The molecule has 81 valence electrons. The maximum Gasteiger partial charge on any atom is 0.0322 e. The molecular formula is C14H20N. The van der Waals surface area contributed by atoms with Gasteiger partial charge in [-0.3, -0.25) is 4.90 Å². The van der Waals surface area contributed by atoms with Gasteiger partial charge in [-0.1, -0.05) is 30.7 Å². The summed E-state index contributed by atoms with van der Waals surface area (Å²) < 4.78 is 0. The Kier molecular flexibility index (Phi) is 3.42. The second-order valence-electron chi connectivity index (χ2n) is 4.47. The molecule has 0 spiro atoms. The second kappa shape index (κ2) is 4.80. The van der Waals surface area contributed by atoms with E-state index in [-0.39, 0.29) is 0 Å². The molecule has 0 saturated carbocycles. The lowest BCUT2D eigenvalue weighted by Gasteiger charge is -2.33. The SMILES string of the molecule is [CH2]c1ccccc1C(C)N1CCCCC1. The Balaban J connectivity index is 2.12. The highest BCUT2D eigenvalue weighted by atomic mass is 15.2. The van der Waals surface area contributed by atoms with E-state index in [1.807, 2.05) is 0 Å². The first-order chi connectivity index (χ1) is 7.29. The molecule has 1 aliphatic rings. The summed E-state index contributed by atoms with van der Waals surface area (Å²) in [7, 11) is 0. The van der Waals surface area contributed by atoms with E-state index in [9.17, 15) is 0 Å². The summed E-state index contributed by atoms with van der Waals surface area (Å²) in [5.41, 5.74) is 2.56. The highest BCUT2D eigenvalue weighted by Gasteiger charge is 2.18. The molecule has 15 heavy (non-hydrogen) atoms. The van der Waals surface area contributed by atoms with Crippen LogP contribution in [0.15, 0.2) is 24.3 Å². The van der Waals surface area contributed by atoms with Crippen molar-refractivity contribution in [2.45, 2.75) is 32.2 Å². The Bertz CT molecular complexity index is 313. The van der Waals surface area contributed by atoms with Gasteiger partial charge in [0.15, 0.2) is 0 Å². The van der Waals surface area contributed by atoms with Crippen molar-refractivity contribution in [2.24, 2.45) is 0 Å². The molecule has 0 amide bonds. The zero-order chi connectivity index (χ0) is 10.7. The zero-order valence-corrected chi connectivity index (χ0v) is 9.58. The van der Waals surface area contributed by atoms with Gasteiger partial charge in [0, 0.05) is 6.04 Å². The van der Waals surface area contributed by atoms with E-state index in [0.29, 0.717) is 6.04 Å². The van der Waals surface area contributed by atoms with Gasteiger partial charge >= 0.3 is 0 Å². The number of hydrogen-bond donors (Lipinski definition) is 0. The number of rotatable bonds is 2. The molecule has 1 atom stereocenters. The molecule has 1 radical (unpaired) electrons. The summed E-state index contributed by atoms with van der Waals surface area (Å²) >= 11 is 0. The molecule has 1 fully saturated rings. The van der Waals surface area contributed by atoms with Crippen LogP contribution in [-0.2, 0) is 0 Å². The summed E-state index contributed by atoms with van der Waals surface area (Å²) in [5, 5.41) is 0. The van der Waals surface area contributed by atoms with Gasteiger partial charge in [-0.25, -0.2) is 0 Å². The minimum atomic E-state index is 0.527. The van der Waals surface area contributed by atoms with Crippen LogP contribution in [0.5, 0.6) is 0 Å².